The molecule has 0 saturated carbocycles. The average Bonchev–Trinajstić information content (AvgIpc) is 2.62. The van der Waals surface area contributed by atoms with E-state index in [1.54, 1.807) is 12.0 Å². The van der Waals surface area contributed by atoms with Crippen LogP contribution in [0.2, 0.25) is 0 Å². The van der Waals surface area contributed by atoms with Gasteiger partial charge < -0.3 is 19.9 Å². The molecule has 0 saturated heterocycles. The van der Waals surface area contributed by atoms with E-state index in [0.717, 1.165) is 29.0 Å². The van der Waals surface area contributed by atoms with E-state index in [-0.39, 0.29) is 6.03 Å². The molecule has 0 atom stereocenters. The van der Waals surface area contributed by atoms with E-state index >= 15 is 0 Å². The molecule has 26 heavy (non-hydrogen) atoms. The Hall–Kier alpha value is -2.69. The maximum Gasteiger partial charge on any atom is 0.317 e. The normalized spacial score (nSPS) is 10.3. The number of carbonyl (C=O) groups is 1. The fraction of sp³-hybridized carbons (Fsp3) is 0.381. The van der Waals surface area contributed by atoms with Crippen LogP contribution >= 0.6 is 0 Å². The molecule has 1 N–H and O–H groups in total. The summed E-state index contributed by atoms with van der Waals surface area (Å²) in [5.41, 5.74) is 4.54. The Balaban J connectivity index is 1.84. The van der Waals surface area contributed by atoms with Gasteiger partial charge in [0.2, 0.25) is 0 Å². The van der Waals surface area contributed by atoms with Crippen molar-refractivity contribution in [3.8, 4) is 5.75 Å². The Morgan fingerprint density at radius 3 is 2.38 bits per heavy atom. The molecule has 0 unspecified atom stereocenters. The lowest BCUT2D eigenvalue weighted by atomic mass is 10.1. The monoisotopic (exact) mass is 355 g/mol. The number of anilines is 1. The minimum absolute atomic E-state index is 0.0756. The summed E-state index contributed by atoms with van der Waals surface area (Å²) in [6, 6.07) is 14.2. The Kier molecular flexibility index (Phi) is 6.89. The summed E-state index contributed by atoms with van der Waals surface area (Å²) in [5, 5.41) is 2.97. The summed E-state index contributed by atoms with van der Waals surface area (Å²) in [4.78, 5) is 16.1. The van der Waals surface area contributed by atoms with Crippen LogP contribution in [0.25, 0.3) is 0 Å². The number of nitrogens with one attached hydrogen (secondary N) is 1. The fourth-order valence-electron chi connectivity index (χ4n) is 2.79. The molecule has 5 heteroatoms. The molecule has 0 aliphatic carbocycles. The molecule has 140 valence electrons. The molecule has 5 nitrogen and oxygen atoms in total. The number of benzene rings is 2. The van der Waals surface area contributed by atoms with Gasteiger partial charge in [0.25, 0.3) is 0 Å². The van der Waals surface area contributed by atoms with Crippen molar-refractivity contribution in [1.29, 1.82) is 0 Å². The maximum atomic E-state index is 12.3. The largest absolute Gasteiger partial charge is 0.496 e. The van der Waals surface area contributed by atoms with Gasteiger partial charge in [0.15, 0.2) is 0 Å². The molecule has 0 heterocycles. The predicted molar refractivity (Wildman–Crippen MR) is 107 cm³/mol. The van der Waals surface area contributed by atoms with Gasteiger partial charge in [-0.05, 0) is 42.7 Å². The summed E-state index contributed by atoms with van der Waals surface area (Å²) in [5.74, 6) is 0.860. The van der Waals surface area contributed by atoms with Crippen molar-refractivity contribution < 1.29 is 9.53 Å². The Morgan fingerprint density at radius 2 is 1.77 bits per heavy atom. The van der Waals surface area contributed by atoms with Gasteiger partial charge >= 0.3 is 6.03 Å². The van der Waals surface area contributed by atoms with Crippen LogP contribution < -0.4 is 15.0 Å². The highest BCUT2D eigenvalue weighted by Crippen LogP contribution is 2.19. The minimum Gasteiger partial charge on any atom is -0.496 e. The first-order valence-corrected chi connectivity index (χ1v) is 8.79. The molecule has 0 aliphatic rings. The third-order valence-corrected chi connectivity index (χ3v) is 4.33. The molecule has 0 bridgehead atoms. The zero-order chi connectivity index (χ0) is 19.1. The zero-order valence-electron chi connectivity index (χ0n) is 16.4. The minimum atomic E-state index is -0.0756. The van der Waals surface area contributed by atoms with E-state index in [4.69, 9.17) is 4.74 Å². The number of methoxy groups -OCH3 is 1. The molecule has 2 amide bonds. The zero-order valence-corrected chi connectivity index (χ0v) is 16.4. The number of rotatable bonds is 7. The van der Waals surface area contributed by atoms with Gasteiger partial charge in [0, 0.05) is 39.9 Å². The lowest BCUT2D eigenvalue weighted by Gasteiger charge is -2.19. The maximum absolute atomic E-state index is 12.3. The molecular formula is C21H29N3O2. The van der Waals surface area contributed by atoms with Crippen LogP contribution in [0.1, 0.15) is 16.7 Å². The standard InChI is InChI=1S/C21H29N3O2/c1-16-6-11-20(26-5)18(14-16)12-13-22-21(25)24(4)15-17-7-9-19(10-8-17)23(2)3/h6-11,14H,12-13,15H2,1-5H3,(H,22,25). The van der Waals surface area contributed by atoms with E-state index in [0.29, 0.717) is 13.1 Å². The predicted octanol–water partition coefficient (Wildman–Crippen LogP) is 3.45. The summed E-state index contributed by atoms with van der Waals surface area (Å²) in [6.45, 7) is 3.20. The van der Waals surface area contributed by atoms with Gasteiger partial charge in [-0.25, -0.2) is 4.79 Å². The van der Waals surface area contributed by atoms with Crippen molar-refractivity contribution in [1.82, 2.24) is 10.2 Å². The number of carbonyl (C=O) groups excluding carboxylic acids is 1. The number of amides is 2. The van der Waals surface area contributed by atoms with E-state index in [9.17, 15) is 4.79 Å². The molecule has 0 radical (unpaired) electrons. The highest BCUT2D eigenvalue weighted by Gasteiger charge is 2.10. The third-order valence-electron chi connectivity index (χ3n) is 4.33. The Bertz CT molecular complexity index is 727. The number of aryl methyl sites for hydroxylation is 1. The van der Waals surface area contributed by atoms with Gasteiger partial charge in [0.1, 0.15) is 5.75 Å². The van der Waals surface area contributed by atoms with Crippen LogP contribution in [0.4, 0.5) is 10.5 Å². The van der Waals surface area contributed by atoms with Gasteiger partial charge in [0.05, 0.1) is 7.11 Å². The first-order valence-electron chi connectivity index (χ1n) is 8.79. The Morgan fingerprint density at radius 1 is 1.08 bits per heavy atom. The SMILES string of the molecule is COc1ccc(C)cc1CCNC(=O)N(C)Cc1ccc(N(C)C)cc1. The summed E-state index contributed by atoms with van der Waals surface area (Å²) in [6.07, 6.45) is 0.738. The summed E-state index contributed by atoms with van der Waals surface area (Å²) >= 11 is 0. The molecule has 2 rings (SSSR count). The average molecular weight is 355 g/mol. The highest BCUT2D eigenvalue weighted by molar-refractivity contribution is 5.73. The smallest absolute Gasteiger partial charge is 0.317 e. The quantitative estimate of drug-likeness (QED) is 0.827. The van der Waals surface area contributed by atoms with Crippen LogP contribution in [0.5, 0.6) is 5.75 Å². The first kappa shape index (κ1) is 19.6. The molecular weight excluding hydrogens is 326 g/mol. The lowest BCUT2D eigenvalue weighted by Crippen LogP contribution is -2.37. The van der Waals surface area contributed by atoms with Gasteiger partial charge in [-0.15, -0.1) is 0 Å². The van der Waals surface area contributed by atoms with Crippen LogP contribution in [-0.4, -0.2) is 45.7 Å². The number of nitrogens with zero attached hydrogens (tertiary/aromatic N) is 2. The van der Waals surface area contributed by atoms with Crippen molar-refractivity contribution in [3.05, 3.63) is 59.2 Å². The van der Waals surface area contributed by atoms with Crippen LogP contribution in [0.3, 0.4) is 0 Å². The topological polar surface area (TPSA) is 44.8 Å². The van der Waals surface area contributed by atoms with Crippen molar-refractivity contribution in [2.75, 3.05) is 39.7 Å². The van der Waals surface area contributed by atoms with Crippen molar-refractivity contribution in [3.63, 3.8) is 0 Å². The molecule has 2 aromatic carbocycles. The van der Waals surface area contributed by atoms with Crippen molar-refractivity contribution >= 4 is 11.7 Å². The van der Waals surface area contributed by atoms with E-state index < -0.39 is 0 Å². The van der Waals surface area contributed by atoms with Gasteiger partial charge in [-0.3, -0.25) is 0 Å². The fourth-order valence-corrected chi connectivity index (χ4v) is 2.79. The van der Waals surface area contributed by atoms with Crippen molar-refractivity contribution in [2.45, 2.75) is 19.9 Å². The number of hydrogen-bond acceptors (Lipinski definition) is 3. The second kappa shape index (κ2) is 9.13. The van der Waals surface area contributed by atoms with Crippen molar-refractivity contribution in [2.24, 2.45) is 0 Å². The molecule has 0 aromatic heterocycles. The second-order valence-corrected chi connectivity index (χ2v) is 6.71. The summed E-state index contributed by atoms with van der Waals surface area (Å²) < 4.78 is 5.38. The van der Waals surface area contributed by atoms with E-state index in [1.807, 2.05) is 33.3 Å². The van der Waals surface area contributed by atoms with Crippen LogP contribution in [0, 0.1) is 6.92 Å². The Labute approximate surface area is 156 Å². The van der Waals surface area contributed by atoms with Gasteiger partial charge in [-0.1, -0.05) is 29.8 Å². The number of hydrogen-bond donors (Lipinski definition) is 1. The lowest BCUT2D eigenvalue weighted by molar-refractivity contribution is 0.207. The molecule has 0 spiro atoms. The molecule has 0 fully saturated rings. The molecule has 2 aromatic rings. The highest BCUT2D eigenvalue weighted by atomic mass is 16.5. The van der Waals surface area contributed by atoms with E-state index in [1.165, 1.54) is 5.56 Å². The third kappa shape index (κ3) is 5.41. The first-order chi connectivity index (χ1) is 12.4. The number of ether oxygens (including phenoxy) is 1. The summed E-state index contributed by atoms with van der Waals surface area (Å²) in [7, 11) is 7.50. The molecule has 0 aliphatic heterocycles. The second-order valence-electron chi connectivity index (χ2n) is 6.71. The van der Waals surface area contributed by atoms with Gasteiger partial charge in [-0.2, -0.15) is 0 Å². The van der Waals surface area contributed by atoms with E-state index in [2.05, 4.69) is 47.5 Å². The number of urea groups is 1. The van der Waals surface area contributed by atoms with Crippen LogP contribution in [0.15, 0.2) is 42.5 Å². The van der Waals surface area contributed by atoms with Crippen LogP contribution in [-0.2, 0) is 13.0 Å².